The zero-order valence-electron chi connectivity index (χ0n) is 21.1. The van der Waals surface area contributed by atoms with Gasteiger partial charge in [-0.15, -0.1) is 0 Å². The van der Waals surface area contributed by atoms with E-state index >= 15 is 0 Å². The average Bonchev–Trinajstić information content (AvgIpc) is 3.40. The van der Waals surface area contributed by atoms with Gasteiger partial charge in [0.2, 0.25) is 0 Å². The van der Waals surface area contributed by atoms with Gasteiger partial charge in [-0.2, -0.15) is 0 Å². The van der Waals surface area contributed by atoms with Crippen molar-refractivity contribution in [2.45, 2.75) is 95.9 Å². The second-order valence-corrected chi connectivity index (χ2v) is 10.5. The summed E-state index contributed by atoms with van der Waals surface area (Å²) < 4.78 is 16.7. The van der Waals surface area contributed by atoms with Crippen molar-refractivity contribution in [2.24, 2.45) is 11.8 Å². The maximum absolute atomic E-state index is 13.8. The van der Waals surface area contributed by atoms with Crippen LogP contribution in [0.4, 0.5) is 0 Å². The summed E-state index contributed by atoms with van der Waals surface area (Å²) in [4.78, 5) is 31.9. The number of hydrogen-bond donors (Lipinski definition) is 3. The van der Waals surface area contributed by atoms with Crippen LogP contribution in [0.1, 0.15) is 70.8 Å². The molecule has 3 fully saturated rings. The fraction of sp³-hybridized carbons (Fsp3) is 0.800. The maximum Gasteiger partial charge on any atom is 0.332 e. The van der Waals surface area contributed by atoms with Crippen molar-refractivity contribution >= 4 is 11.2 Å². The number of aryl methyl sites for hydroxylation is 1. The minimum Gasteiger partial charge on any atom is -0.396 e. The third-order valence-corrected chi connectivity index (χ3v) is 8.17. The number of nitrogens with zero attached hydrogens (tertiary/aromatic N) is 4. The highest BCUT2D eigenvalue weighted by molar-refractivity contribution is 5.71. The van der Waals surface area contributed by atoms with Gasteiger partial charge in [0.25, 0.3) is 5.56 Å². The molecule has 11 nitrogen and oxygen atoms in total. The van der Waals surface area contributed by atoms with Gasteiger partial charge in [0.15, 0.2) is 11.2 Å². The van der Waals surface area contributed by atoms with Crippen LogP contribution in [0, 0.1) is 11.8 Å². The molecule has 200 valence electrons. The van der Waals surface area contributed by atoms with Crippen LogP contribution in [-0.2, 0) is 28.2 Å². The van der Waals surface area contributed by atoms with E-state index in [1.165, 1.54) is 4.57 Å². The smallest absolute Gasteiger partial charge is 0.332 e. The van der Waals surface area contributed by atoms with Crippen molar-refractivity contribution in [3.05, 3.63) is 26.7 Å². The van der Waals surface area contributed by atoms with Gasteiger partial charge in [0.05, 0.1) is 12.2 Å². The molecule has 2 bridgehead atoms. The van der Waals surface area contributed by atoms with Gasteiger partial charge in [-0.3, -0.25) is 18.5 Å². The first kappa shape index (κ1) is 25.6. The molecule has 0 saturated carbocycles. The van der Waals surface area contributed by atoms with Crippen LogP contribution in [0.2, 0.25) is 0 Å². The Balaban J connectivity index is 1.75. The molecular weight excluding hydrogens is 468 g/mol. The first-order chi connectivity index (χ1) is 17.4. The molecule has 3 saturated heterocycles. The summed E-state index contributed by atoms with van der Waals surface area (Å²) in [6.07, 6.45) is 2.74. The number of imidazole rings is 1. The zero-order chi connectivity index (χ0) is 25.6. The Morgan fingerprint density at radius 2 is 1.64 bits per heavy atom. The lowest BCUT2D eigenvalue weighted by Crippen LogP contribution is -2.43. The van der Waals surface area contributed by atoms with E-state index in [-0.39, 0.29) is 49.1 Å². The van der Waals surface area contributed by atoms with Crippen LogP contribution in [0.25, 0.3) is 11.2 Å². The fourth-order valence-corrected chi connectivity index (χ4v) is 6.45. The zero-order valence-corrected chi connectivity index (χ0v) is 21.1. The molecule has 36 heavy (non-hydrogen) atoms. The Morgan fingerprint density at radius 3 is 2.19 bits per heavy atom. The van der Waals surface area contributed by atoms with E-state index in [0.717, 1.165) is 12.8 Å². The molecule has 3 N–H and O–H groups in total. The van der Waals surface area contributed by atoms with Gasteiger partial charge < -0.3 is 24.8 Å². The SMILES string of the molecule is CCCn1c(=O)c2c(nc(C3(O)CC4OC(C3)C(CO)C4CO)n2C2CCCCO2)n(CCC)c1=O. The summed E-state index contributed by atoms with van der Waals surface area (Å²) in [5.41, 5.74) is -1.73. The van der Waals surface area contributed by atoms with Crippen molar-refractivity contribution in [1.82, 2.24) is 18.7 Å². The molecule has 3 aliphatic rings. The Bertz CT molecular complexity index is 1190. The van der Waals surface area contributed by atoms with Crippen LogP contribution in [0.3, 0.4) is 0 Å². The lowest BCUT2D eigenvalue weighted by Gasteiger charge is -2.38. The predicted octanol–water partition coefficient (Wildman–Crippen LogP) is 0.845. The van der Waals surface area contributed by atoms with Gasteiger partial charge in [0, 0.05) is 57.6 Å². The predicted molar refractivity (Wildman–Crippen MR) is 131 cm³/mol. The molecular formula is C25H38N4O7. The van der Waals surface area contributed by atoms with Crippen LogP contribution in [0.5, 0.6) is 0 Å². The first-order valence-corrected chi connectivity index (χ1v) is 13.4. The van der Waals surface area contributed by atoms with Crippen LogP contribution >= 0.6 is 0 Å². The molecule has 2 aromatic rings. The fourth-order valence-electron chi connectivity index (χ4n) is 6.45. The third-order valence-electron chi connectivity index (χ3n) is 8.17. The minimum atomic E-state index is -1.47. The largest absolute Gasteiger partial charge is 0.396 e. The second kappa shape index (κ2) is 10.0. The summed E-state index contributed by atoms with van der Waals surface area (Å²) in [7, 11) is 0. The summed E-state index contributed by atoms with van der Waals surface area (Å²) in [6.45, 7) is 4.81. The lowest BCUT2D eigenvalue weighted by molar-refractivity contribution is -0.135. The number of aliphatic hydroxyl groups is 3. The highest BCUT2D eigenvalue weighted by atomic mass is 16.5. The Morgan fingerprint density at radius 1 is 1.00 bits per heavy atom. The van der Waals surface area contributed by atoms with Crippen molar-refractivity contribution in [1.29, 1.82) is 0 Å². The van der Waals surface area contributed by atoms with Crippen molar-refractivity contribution in [3.63, 3.8) is 0 Å². The van der Waals surface area contributed by atoms with Gasteiger partial charge in [-0.1, -0.05) is 13.8 Å². The second-order valence-electron chi connectivity index (χ2n) is 10.5. The molecule has 0 radical (unpaired) electrons. The van der Waals surface area contributed by atoms with Gasteiger partial charge in [-0.05, 0) is 32.1 Å². The van der Waals surface area contributed by atoms with Crippen LogP contribution < -0.4 is 11.2 Å². The molecule has 0 spiro atoms. The van der Waals surface area contributed by atoms with E-state index in [1.807, 2.05) is 13.8 Å². The minimum absolute atomic E-state index is 0.150. The van der Waals surface area contributed by atoms with E-state index in [9.17, 15) is 24.9 Å². The number of ether oxygens (including phenoxy) is 2. The summed E-state index contributed by atoms with van der Waals surface area (Å²) >= 11 is 0. The molecule has 0 aliphatic carbocycles. The number of rotatable bonds is 8. The molecule has 5 rings (SSSR count). The highest BCUT2D eigenvalue weighted by Gasteiger charge is 2.56. The number of aliphatic hydroxyl groups excluding tert-OH is 2. The Hall–Kier alpha value is -2.05. The quantitative estimate of drug-likeness (QED) is 0.479. The molecule has 0 aromatic carbocycles. The normalized spacial score (nSPS) is 32.4. The van der Waals surface area contributed by atoms with E-state index in [2.05, 4.69) is 0 Å². The lowest BCUT2D eigenvalue weighted by atomic mass is 9.88. The summed E-state index contributed by atoms with van der Waals surface area (Å²) in [5, 5.41) is 32.1. The van der Waals surface area contributed by atoms with Gasteiger partial charge >= 0.3 is 5.69 Å². The molecule has 5 atom stereocenters. The van der Waals surface area contributed by atoms with E-state index in [0.29, 0.717) is 44.8 Å². The maximum atomic E-state index is 13.8. The van der Waals surface area contributed by atoms with Crippen molar-refractivity contribution < 1.29 is 24.8 Å². The van der Waals surface area contributed by atoms with E-state index in [4.69, 9.17) is 14.5 Å². The molecule has 0 amide bonds. The van der Waals surface area contributed by atoms with E-state index in [1.54, 1.807) is 9.13 Å². The highest BCUT2D eigenvalue weighted by Crippen LogP contribution is 2.49. The van der Waals surface area contributed by atoms with Crippen LogP contribution in [0.15, 0.2) is 9.59 Å². The topological polar surface area (TPSA) is 141 Å². The third kappa shape index (κ3) is 3.96. The van der Waals surface area contributed by atoms with Crippen molar-refractivity contribution in [2.75, 3.05) is 19.8 Å². The molecule has 11 heteroatoms. The average molecular weight is 507 g/mol. The summed E-state index contributed by atoms with van der Waals surface area (Å²) in [6, 6.07) is 0. The molecule has 2 aromatic heterocycles. The van der Waals surface area contributed by atoms with Gasteiger partial charge in [0.1, 0.15) is 17.7 Å². The summed E-state index contributed by atoms with van der Waals surface area (Å²) in [5.74, 6) is -0.288. The molecule has 5 unspecified atom stereocenters. The number of aromatic nitrogens is 4. The number of fused-ring (bicyclic) bond motifs is 3. The van der Waals surface area contributed by atoms with E-state index < -0.39 is 35.3 Å². The van der Waals surface area contributed by atoms with Crippen LogP contribution in [-0.4, -0.2) is 66.0 Å². The molecule has 5 heterocycles. The first-order valence-electron chi connectivity index (χ1n) is 13.4. The van der Waals surface area contributed by atoms with Gasteiger partial charge in [-0.25, -0.2) is 9.78 Å². The monoisotopic (exact) mass is 506 g/mol. The number of hydrogen-bond acceptors (Lipinski definition) is 8. The van der Waals surface area contributed by atoms with Crippen molar-refractivity contribution in [3.8, 4) is 0 Å². The Kier molecular flexibility index (Phi) is 7.12. The standard InChI is InChI=1S/C25H38N4O7/c1-3-8-27-21-20(22(32)28(9-4-2)24(27)33)29(19-7-5-6-10-35-19)23(26-21)25(34)11-17-15(13-30)16(14-31)18(12-25)36-17/h15-19,30-31,34H,3-14H2,1-2H3. The molecule has 3 aliphatic heterocycles. The Labute approximate surface area is 209 Å².